The van der Waals surface area contributed by atoms with Crippen molar-refractivity contribution in [2.24, 2.45) is 0 Å². The molecule has 1 aromatic heterocycles. The van der Waals surface area contributed by atoms with Gasteiger partial charge >= 0.3 is 0 Å². The molecule has 1 aliphatic rings. The normalized spacial score (nSPS) is 12.9. The van der Waals surface area contributed by atoms with Crippen molar-refractivity contribution in [3.8, 4) is 22.8 Å². The van der Waals surface area contributed by atoms with Gasteiger partial charge in [0.05, 0.1) is 16.2 Å². The van der Waals surface area contributed by atoms with Crippen LogP contribution in [-0.2, 0) is 0 Å². The van der Waals surface area contributed by atoms with Gasteiger partial charge in [-0.1, -0.05) is 23.2 Å². The number of aromatic nitrogens is 1. The highest BCUT2D eigenvalue weighted by Crippen LogP contribution is 2.40. The summed E-state index contributed by atoms with van der Waals surface area (Å²) in [7, 11) is 0. The fourth-order valence-electron chi connectivity index (χ4n) is 2.85. The molecule has 3 aromatic rings. The quantitative estimate of drug-likeness (QED) is 0.579. The van der Waals surface area contributed by atoms with Gasteiger partial charge in [-0.15, -0.1) is 0 Å². The number of hydrogen-bond acceptors (Lipinski definition) is 3. The molecule has 0 saturated heterocycles. The molecular formula is C18H13Cl2NO2. The summed E-state index contributed by atoms with van der Waals surface area (Å²) < 4.78 is 10.9. The van der Waals surface area contributed by atoms with E-state index >= 15 is 0 Å². The van der Waals surface area contributed by atoms with Gasteiger partial charge in [-0.25, -0.2) is 4.98 Å². The van der Waals surface area contributed by atoms with Crippen molar-refractivity contribution < 1.29 is 9.47 Å². The van der Waals surface area contributed by atoms with E-state index < -0.39 is 0 Å². The summed E-state index contributed by atoms with van der Waals surface area (Å²) in [5, 5.41) is 2.26. The van der Waals surface area contributed by atoms with Crippen molar-refractivity contribution in [2.45, 2.75) is 13.8 Å². The molecule has 0 spiro atoms. The lowest BCUT2D eigenvalue weighted by atomic mass is 9.98. The number of benzene rings is 2. The third-order valence-corrected chi connectivity index (χ3v) is 4.78. The summed E-state index contributed by atoms with van der Waals surface area (Å²) in [6.07, 6.45) is 0. The second kappa shape index (κ2) is 5.29. The fourth-order valence-corrected chi connectivity index (χ4v) is 3.35. The van der Waals surface area contributed by atoms with Crippen LogP contribution in [0.4, 0.5) is 0 Å². The highest BCUT2D eigenvalue weighted by molar-refractivity contribution is 6.36. The van der Waals surface area contributed by atoms with Crippen molar-refractivity contribution in [1.29, 1.82) is 0 Å². The summed E-state index contributed by atoms with van der Waals surface area (Å²) in [5.41, 5.74) is 4.82. The van der Waals surface area contributed by atoms with E-state index in [4.69, 9.17) is 37.7 Å². The van der Waals surface area contributed by atoms with Crippen molar-refractivity contribution in [2.75, 3.05) is 6.79 Å². The van der Waals surface area contributed by atoms with E-state index in [1.165, 1.54) is 0 Å². The highest BCUT2D eigenvalue weighted by atomic mass is 35.5. The standard InChI is InChI=1S/C18H13Cl2NO2/c1-9-10(2)18(12-4-3-11(19)5-14(12)20)21-15-7-17-16(6-13(9)15)22-8-23-17/h3-7H,8H2,1-2H3. The Bertz CT molecular complexity index is 954. The Balaban J connectivity index is 2.01. The molecule has 4 rings (SSSR count). The number of fused-ring (bicyclic) bond motifs is 2. The molecule has 0 saturated carbocycles. The average Bonchev–Trinajstić information content (AvgIpc) is 2.97. The van der Waals surface area contributed by atoms with Gasteiger partial charge in [0.15, 0.2) is 11.5 Å². The largest absolute Gasteiger partial charge is 0.454 e. The van der Waals surface area contributed by atoms with Gasteiger partial charge < -0.3 is 9.47 Å². The Labute approximate surface area is 143 Å². The maximum absolute atomic E-state index is 6.36. The Morgan fingerprint density at radius 3 is 2.43 bits per heavy atom. The third kappa shape index (κ3) is 2.32. The first-order valence-electron chi connectivity index (χ1n) is 7.20. The highest BCUT2D eigenvalue weighted by Gasteiger charge is 2.19. The molecule has 0 unspecified atom stereocenters. The van der Waals surface area contributed by atoms with Crippen molar-refractivity contribution in [1.82, 2.24) is 4.98 Å². The van der Waals surface area contributed by atoms with E-state index in [9.17, 15) is 0 Å². The number of hydrogen-bond donors (Lipinski definition) is 0. The molecule has 5 heteroatoms. The summed E-state index contributed by atoms with van der Waals surface area (Å²) in [6.45, 7) is 4.38. The van der Waals surface area contributed by atoms with E-state index in [2.05, 4.69) is 6.92 Å². The smallest absolute Gasteiger partial charge is 0.231 e. The topological polar surface area (TPSA) is 31.4 Å². The third-order valence-electron chi connectivity index (χ3n) is 4.23. The van der Waals surface area contributed by atoms with Crippen LogP contribution in [0.25, 0.3) is 22.2 Å². The van der Waals surface area contributed by atoms with Crippen LogP contribution in [0.1, 0.15) is 11.1 Å². The number of pyridine rings is 1. The number of halogens is 2. The predicted molar refractivity (Wildman–Crippen MR) is 92.8 cm³/mol. The molecule has 0 radical (unpaired) electrons. The molecule has 2 aromatic carbocycles. The van der Waals surface area contributed by atoms with E-state index in [-0.39, 0.29) is 6.79 Å². The molecular weight excluding hydrogens is 333 g/mol. The molecule has 3 nitrogen and oxygen atoms in total. The Hall–Kier alpha value is -1.97. The van der Waals surface area contributed by atoms with Crippen LogP contribution in [0.5, 0.6) is 11.5 Å². The van der Waals surface area contributed by atoms with Crippen LogP contribution in [0.2, 0.25) is 10.0 Å². The van der Waals surface area contributed by atoms with Gasteiger partial charge in [0.1, 0.15) is 0 Å². The molecule has 0 amide bonds. The minimum absolute atomic E-state index is 0.250. The fraction of sp³-hybridized carbons (Fsp3) is 0.167. The first kappa shape index (κ1) is 14.6. The van der Waals surface area contributed by atoms with Crippen molar-refractivity contribution in [3.63, 3.8) is 0 Å². The zero-order valence-electron chi connectivity index (χ0n) is 12.6. The van der Waals surface area contributed by atoms with E-state index in [1.807, 2.05) is 31.2 Å². The maximum Gasteiger partial charge on any atom is 0.231 e. The molecule has 2 heterocycles. The summed E-state index contributed by atoms with van der Waals surface area (Å²) in [5.74, 6) is 1.49. The van der Waals surface area contributed by atoms with Crippen LogP contribution < -0.4 is 9.47 Å². The number of aryl methyl sites for hydroxylation is 1. The van der Waals surface area contributed by atoms with Gasteiger partial charge in [-0.3, -0.25) is 0 Å². The van der Waals surface area contributed by atoms with E-state index in [0.29, 0.717) is 10.0 Å². The summed E-state index contributed by atoms with van der Waals surface area (Å²) in [4.78, 5) is 4.81. The van der Waals surface area contributed by atoms with Gasteiger partial charge in [0, 0.05) is 22.0 Å². The van der Waals surface area contributed by atoms with Gasteiger partial charge in [0.2, 0.25) is 6.79 Å². The number of ether oxygens (including phenoxy) is 2. The molecule has 0 aliphatic carbocycles. The zero-order valence-corrected chi connectivity index (χ0v) is 14.1. The lowest BCUT2D eigenvalue weighted by Gasteiger charge is -2.13. The van der Waals surface area contributed by atoms with Gasteiger partial charge in [0.25, 0.3) is 0 Å². The lowest BCUT2D eigenvalue weighted by molar-refractivity contribution is 0.174. The SMILES string of the molecule is Cc1c(-c2ccc(Cl)cc2Cl)nc2cc3c(cc2c1C)OCO3. The van der Waals surface area contributed by atoms with Crippen LogP contribution in [0.3, 0.4) is 0 Å². The van der Waals surface area contributed by atoms with Crippen LogP contribution >= 0.6 is 23.2 Å². The Morgan fingerprint density at radius 2 is 1.70 bits per heavy atom. The van der Waals surface area contributed by atoms with Gasteiger partial charge in [-0.05, 0) is 49.2 Å². The van der Waals surface area contributed by atoms with Crippen LogP contribution in [0, 0.1) is 13.8 Å². The minimum atomic E-state index is 0.250. The summed E-state index contributed by atoms with van der Waals surface area (Å²) >= 11 is 12.4. The second-order valence-corrected chi connectivity index (χ2v) is 6.40. The monoisotopic (exact) mass is 345 g/mol. The first-order chi connectivity index (χ1) is 11.0. The van der Waals surface area contributed by atoms with E-state index in [0.717, 1.165) is 44.8 Å². The molecule has 0 N–H and O–H groups in total. The molecule has 0 bridgehead atoms. The van der Waals surface area contributed by atoms with Crippen molar-refractivity contribution >= 4 is 34.1 Å². The summed E-state index contributed by atoms with van der Waals surface area (Å²) in [6, 6.07) is 9.36. The zero-order chi connectivity index (χ0) is 16.1. The number of nitrogens with zero attached hydrogens (tertiary/aromatic N) is 1. The Morgan fingerprint density at radius 1 is 0.957 bits per heavy atom. The molecule has 0 fully saturated rings. The Kier molecular flexibility index (Phi) is 3.36. The molecule has 23 heavy (non-hydrogen) atoms. The predicted octanol–water partition coefficient (Wildman–Crippen LogP) is 5.55. The second-order valence-electron chi connectivity index (χ2n) is 5.56. The number of rotatable bonds is 1. The van der Waals surface area contributed by atoms with Crippen LogP contribution in [-0.4, -0.2) is 11.8 Å². The van der Waals surface area contributed by atoms with E-state index in [1.54, 1.807) is 6.07 Å². The van der Waals surface area contributed by atoms with Gasteiger partial charge in [-0.2, -0.15) is 0 Å². The molecule has 116 valence electrons. The molecule has 1 aliphatic heterocycles. The molecule has 0 atom stereocenters. The van der Waals surface area contributed by atoms with Crippen molar-refractivity contribution in [3.05, 3.63) is 51.5 Å². The lowest BCUT2D eigenvalue weighted by Crippen LogP contribution is -1.95. The minimum Gasteiger partial charge on any atom is -0.454 e. The average molecular weight is 346 g/mol. The van der Waals surface area contributed by atoms with Crippen LogP contribution in [0.15, 0.2) is 30.3 Å². The maximum atomic E-state index is 6.36. The first-order valence-corrected chi connectivity index (χ1v) is 7.96.